The summed E-state index contributed by atoms with van der Waals surface area (Å²) in [6.45, 7) is 24.4. The summed E-state index contributed by atoms with van der Waals surface area (Å²) in [5.41, 5.74) is 25.4. The van der Waals surface area contributed by atoms with Crippen LogP contribution in [-0.4, -0.2) is 12.3 Å². The molecule has 328 valence electrons. The predicted molar refractivity (Wildman–Crippen MR) is 283 cm³/mol. The minimum atomic E-state index is -0.318. The van der Waals surface area contributed by atoms with Crippen molar-refractivity contribution in [3.05, 3.63) is 185 Å². The van der Waals surface area contributed by atoms with Crippen molar-refractivity contribution in [3.63, 3.8) is 0 Å². The molecule has 0 radical (unpaired) electrons. The Hall–Kier alpha value is -6.06. The number of allylic oxidation sites excluding steroid dienone is 1. The number of hydrogen-bond donors (Lipinski definition) is 0. The van der Waals surface area contributed by atoms with E-state index >= 15 is 0 Å². The van der Waals surface area contributed by atoms with Gasteiger partial charge < -0.3 is 9.80 Å². The van der Waals surface area contributed by atoms with Gasteiger partial charge in [-0.05, 0) is 133 Å². The average Bonchev–Trinajstić information content (AvgIpc) is 3.67. The highest BCUT2D eigenvalue weighted by atomic mass is 15.3. The second-order valence-electron chi connectivity index (χ2n) is 23.3. The molecule has 12 rings (SSSR count). The Kier molecular flexibility index (Phi) is 8.77. The molecule has 5 aliphatic rings. The number of rotatable bonds is 4. The van der Waals surface area contributed by atoms with Crippen molar-refractivity contribution in [2.75, 3.05) is 9.80 Å². The second kappa shape index (κ2) is 14.0. The van der Waals surface area contributed by atoms with E-state index < -0.39 is 0 Å². The standard InChI is InChI=1S/C63H63BN2/c1-59(2,3)45-28-30-49-48(39-45)55-58(61(49,7)8)65(52-31-29-46(60(4,5)6)38-47(52)42-26-18-13-19-27-42)53-36-44(41-24-16-12-17-25-41)37-54-56(53)64(55)51-35-43(40-22-14-11-15-23-40)34-50-57(51)66(54)63(10)33-21-20-32-62(50,63)9/h11-19,22-31,34-39H,20-21,32-33H2,1-10H3. The fourth-order valence-electron chi connectivity index (χ4n) is 13.3. The first kappa shape index (κ1) is 41.4. The van der Waals surface area contributed by atoms with Crippen molar-refractivity contribution in [1.82, 2.24) is 0 Å². The van der Waals surface area contributed by atoms with Crippen LogP contribution in [0.3, 0.4) is 0 Å². The molecule has 0 N–H and O–H groups in total. The van der Waals surface area contributed by atoms with E-state index in [2.05, 4.69) is 231 Å². The van der Waals surface area contributed by atoms with Gasteiger partial charge in [0, 0.05) is 39.2 Å². The largest absolute Gasteiger partial charge is 0.335 e. The first-order chi connectivity index (χ1) is 31.5. The zero-order chi connectivity index (χ0) is 45.7. The highest BCUT2D eigenvalue weighted by molar-refractivity contribution is 7.03. The number of benzene rings is 7. The van der Waals surface area contributed by atoms with Crippen LogP contribution < -0.4 is 20.7 Å². The first-order valence-corrected chi connectivity index (χ1v) is 24.7. The normalized spacial score (nSPS) is 21.0. The molecule has 66 heavy (non-hydrogen) atoms. The zero-order valence-electron chi connectivity index (χ0n) is 40.7. The Morgan fingerprint density at radius 3 is 1.65 bits per heavy atom. The van der Waals surface area contributed by atoms with Crippen LogP contribution in [0, 0.1) is 0 Å². The van der Waals surface area contributed by atoms with Crippen molar-refractivity contribution in [1.29, 1.82) is 0 Å². The maximum atomic E-state index is 2.91. The number of nitrogens with zero attached hydrogens (tertiary/aromatic N) is 2. The molecule has 0 saturated heterocycles. The lowest BCUT2D eigenvalue weighted by molar-refractivity contribution is 0.195. The molecule has 0 aromatic heterocycles. The van der Waals surface area contributed by atoms with Crippen LogP contribution in [0.2, 0.25) is 0 Å². The Morgan fingerprint density at radius 2 is 1.03 bits per heavy atom. The summed E-state index contributed by atoms with van der Waals surface area (Å²) >= 11 is 0. The molecular weight excluding hydrogens is 796 g/mol. The van der Waals surface area contributed by atoms with Crippen LogP contribution in [0.25, 0.3) is 38.9 Å². The van der Waals surface area contributed by atoms with Crippen molar-refractivity contribution < 1.29 is 0 Å². The van der Waals surface area contributed by atoms with E-state index in [0.717, 1.165) is 6.42 Å². The number of hydrogen-bond acceptors (Lipinski definition) is 2. The molecule has 7 aromatic rings. The van der Waals surface area contributed by atoms with Gasteiger partial charge >= 0.3 is 0 Å². The van der Waals surface area contributed by atoms with Crippen LogP contribution in [0.1, 0.15) is 123 Å². The summed E-state index contributed by atoms with van der Waals surface area (Å²) in [5, 5.41) is 0. The van der Waals surface area contributed by atoms with E-state index in [1.165, 1.54) is 125 Å². The van der Waals surface area contributed by atoms with Crippen LogP contribution >= 0.6 is 0 Å². The van der Waals surface area contributed by atoms with Crippen LogP contribution in [0.4, 0.5) is 22.7 Å². The predicted octanol–water partition coefficient (Wildman–Crippen LogP) is 15.3. The van der Waals surface area contributed by atoms with E-state index in [0.29, 0.717) is 0 Å². The number of fused-ring (bicyclic) bond motifs is 8. The monoisotopic (exact) mass is 859 g/mol. The maximum absolute atomic E-state index is 2.91. The highest BCUT2D eigenvalue weighted by Gasteiger charge is 2.63. The molecule has 2 aliphatic carbocycles. The van der Waals surface area contributed by atoms with Crippen molar-refractivity contribution in [2.24, 2.45) is 0 Å². The molecular formula is C63H63BN2. The lowest BCUT2D eigenvalue weighted by Gasteiger charge is -2.53. The molecule has 1 saturated carbocycles. The third-order valence-corrected chi connectivity index (χ3v) is 17.1. The third kappa shape index (κ3) is 5.68. The lowest BCUT2D eigenvalue weighted by Crippen LogP contribution is -2.61. The summed E-state index contributed by atoms with van der Waals surface area (Å²) in [6.07, 6.45) is 4.83. The molecule has 0 amide bonds. The van der Waals surface area contributed by atoms with Gasteiger partial charge in [-0.15, -0.1) is 0 Å². The molecule has 3 heterocycles. The van der Waals surface area contributed by atoms with Gasteiger partial charge in [-0.1, -0.05) is 196 Å². The lowest BCUT2D eigenvalue weighted by atomic mass is 9.32. The van der Waals surface area contributed by atoms with Gasteiger partial charge in [0.15, 0.2) is 0 Å². The Balaban J connectivity index is 1.27. The minimum Gasteiger partial charge on any atom is -0.335 e. The fourth-order valence-corrected chi connectivity index (χ4v) is 13.3. The quantitative estimate of drug-likeness (QED) is 0.163. The summed E-state index contributed by atoms with van der Waals surface area (Å²) in [6, 6.07) is 58.9. The molecule has 7 aromatic carbocycles. The third-order valence-electron chi connectivity index (χ3n) is 17.1. The van der Waals surface area contributed by atoms with Gasteiger partial charge in [0.1, 0.15) is 0 Å². The van der Waals surface area contributed by atoms with Crippen molar-refractivity contribution >= 4 is 45.9 Å². The van der Waals surface area contributed by atoms with Crippen LogP contribution in [-0.2, 0) is 21.7 Å². The van der Waals surface area contributed by atoms with E-state index in [1.807, 2.05) is 0 Å². The van der Waals surface area contributed by atoms with E-state index in [4.69, 9.17) is 0 Å². The van der Waals surface area contributed by atoms with Crippen LogP contribution in [0.15, 0.2) is 157 Å². The van der Waals surface area contributed by atoms with E-state index in [-0.39, 0.29) is 33.9 Å². The molecule has 3 heteroatoms. The van der Waals surface area contributed by atoms with Crippen molar-refractivity contribution in [3.8, 4) is 33.4 Å². The van der Waals surface area contributed by atoms with Gasteiger partial charge in [0.2, 0.25) is 0 Å². The zero-order valence-corrected chi connectivity index (χ0v) is 40.7. The summed E-state index contributed by atoms with van der Waals surface area (Å²) < 4.78 is 0. The maximum Gasteiger partial charge on any atom is 0.252 e. The second-order valence-corrected chi connectivity index (χ2v) is 23.3. The Labute approximate surface area is 394 Å². The molecule has 0 spiro atoms. The Bertz CT molecular complexity index is 3160. The molecule has 1 fully saturated rings. The Morgan fingerprint density at radius 1 is 0.485 bits per heavy atom. The minimum absolute atomic E-state index is 0.00945. The smallest absolute Gasteiger partial charge is 0.252 e. The van der Waals surface area contributed by atoms with Gasteiger partial charge in [-0.2, -0.15) is 0 Å². The van der Waals surface area contributed by atoms with E-state index in [1.54, 1.807) is 0 Å². The van der Waals surface area contributed by atoms with Crippen LogP contribution in [0.5, 0.6) is 0 Å². The van der Waals surface area contributed by atoms with Gasteiger partial charge in [0.25, 0.3) is 6.71 Å². The average molecular weight is 859 g/mol. The van der Waals surface area contributed by atoms with Gasteiger partial charge in [0.05, 0.1) is 11.2 Å². The fraction of sp³-hybridized carbons (Fsp3) is 0.302. The molecule has 3 aliphatic heterocycles. The molecule has 2 atom stereocenters. The highest BCUT2D eigenvalue weighted by Crippen LogP contribution is 2.64. The summed E-state index contributed by atoms with van der Waals surface area (Å²) in [7, 11) is 0. The first-order valence-electron chi connectivity index (χ1n) is 24.7. The number of anilines is 4. The molecule has 2 nitrogen and oxygen atoms in total. The topological polar surface area (TPSA) is 6.48 Å². The summed E-state index contributed by atoms with van der Waals surface area (Å²) in [4.78, 5) is 5.68. The van der Waals surface area contributed by atoms with Crippen molar-refractivity contribution in [2.45, 2.75) is 122 Å². The summed E-state index contributed by atoms with van der Waals surface area (Å²) in [5.74, 6) is 0. The van der Waals surface area contributed by atoms with Gasteiger partial charge in [-0.3, -0.25) is 0 Å². The van der Waals surface area contributed by atoms with Gasteiger partial charge in [-0.25, -0.2) is 0 Å². The molecule has 0 bridgehead atoms. The molecule has 2 unspecified atom stereocenters. The van der Waals surface area contributed by atoms with E-state index in [9.17, 15) is 0 Å². The SMILES string of the molecule is CC(C)(C)c1ccc2c(c1)C1=C(N(c3ccc(C(C)(C)C)cc3-c3ccccc3)c3cc(-c4ccccc4)cc4c3B1c1cc(-c3ccccc3)cc3c1N4C1(C)CCCCC31C)C2(C)C.